The van der Waals surface area contributed by atoms with E-state index in [4.69, 9.17) is 9.15 Å². The zero-order valence-corrected chi connectivity index (χ0v) is 11.1. The van der Waals surface area contributed by atoms with Gasteiger partial charge in [0, 0.05) is 6.61 Å². The molecule has 1 aromatic heterocycles. The van der Waals surface area contributed by atoms with Crippen LogP contribution in [0.25, 0.3) is 0 Å². The standard InChI is InChI=1S/C12H18BrNO2/c1-2-14-12(9-5-3-4-8-15-9)10-6-7-11(13)16-10/h6-7,9,12,14H,2-5,8H2,1H3. The Morgan fingerprint density at radius 2 is 2.38 bits per heavy atom. The number of likely N-dealkylation sites (N-methyl/N-ethyl adjacent to an activating group) is 1. The molecule has 2 rings (SSSR count). The van der Waals surface area contributed by atoms with Crippen LogP contribution in [0, 0.1) is 0 Å². The lowest BCUT2D eigenvalue weighted by molar-refractivity contribution is -0.0124. The number of ether oxygens (including phenoxy) is 1. The second-order valence-electron chi connectivity index (χ2n) is 4.08. The molecule has 0 aromatic carbocycles. The van der Waals surface area contributed by atoms with E-state index >= 15 is 0 Å². The van der Waals surface area contributed by atoms with Crippen LogP contribution in [0.2, 0.25) is 0 Å². The van der Waals surface area contributed by atoms with E-state index < -0.39 is 0 Å². The number of nitrogens with one attached hydrogen (secondary N) is 1. The Bertz CT molecular complexity index is 321. The average Bonchev–Trinajstić information content (AvgIpc) is 2.74. The molecule has 2 unspecified atom stereocenters. The van der Waals surface area contributed by atoms with Gasteiger partial charge in [-0.05, 0) is 53.9 Å². The molecule has 1 aliphatic rings. The van der Waals surface area contributed by atoms with Crippen molar-refractivity contribution in [2.75, 3.05) is 13.2 Å². The summed E-state index contributed by atoms with van der Waals surface area (Å²) >= 11 is 3.34. The molecule has 1 saturated heterocycles. The summed E-state index contributed by atoms with van der Waals surface area (Å²) in [5, 5.41) is 3.44. The van der Waals surface area contributed by atoms with Gasteiger partial charge in [-0.25, -0.2) is 0 Å². The molecule has 0 amide bonds. The highest BCUT2D eigenvalue weighted by Crippen LogP contribution is 2.28. The highest BCUT2D eigenvalue weighted by molar-refractivity contribution is 9.10. The molecule has 3 nitrogen and oxygen atoms in total. The van der Waals surface area contributed by atoms with Crippen molar-refractivity contribution in [1.29, 1.82) is 0 Å². The Morgan fingerprint density at radius 1 is 1.50 bits per heavy atom. The van der Waals surface area contributed by atoms with E-state index in [1.165, 1.54) is 12.8 Å². The number of hydrogen-bond donors (Lipinski definition) is 1. The van der Waals surface area contributed by atoms with E-state index in [1.807, 2.05) is 12.1 Å². The number of hydrogen-bond acceptors (Lipinski definition) is 3. The molecule has 16 heavy (non-hydrogen) atoms. The number of rotatable bonds is 4. The predicted octanol–water partition coefficient (Wildman–Crippen LogP) is 3.26. The molecule has 2 atom stereocenters. The first-order chi connectivity index (χ1) is 7.81. The van der Waals surface area contributed by atoms with Gasteiger partial charge >= 0.3 is 0 Å². The van der Waals surface area contributed by atoms with Crippen LogP contribution < -0.4 is 5.32 Å². The lowest BCUT2D eigenvalue weighted by Crippen LogP contribution is -2.35. The third-order valence-corrected chi connectivity index (χ3v) is 3.34. The fraction of sp³-hybridized carbons (Fsp3) is 0.667. The van der Waals surface area contributed by atoms with E-state index in [0.29, 0.717) is 0 Å². The first kappa shape index (κ1) is 12.1. The van der Waals surface area contributed by atoms with E-state index in [1.54, 1.807) is 0 Å². The van der Waals surface area contributed by atoms with Crippen molar-refractivity contribution in [3.05, 3.63) is 22.6 Å². The van der Waals surface area contributed by atoms with E-state index in [0.717, 1.165) is 30.0 Å². The maximum absolute atomic E-state index is 5.82. The Kier molecular flexibility index (Phi) is 4.44. The van der Waals surface area contributed by atoms with Crippen LogP contribution in [-0.2, 0) is 4.74 Å². The van der Waals surface area contributed by atoms with Gasteiger partial charge in [-0.3, -0.25) is 0 Å². The largest absolute Gasteiger partial charge is 0.453 e. The third-order valence-electron chi connectivity index (χ3n) is 2.91. The summed E-state index contributed by atoms with van der Waals surface area (Å²) in [4.78, 5) is 0. The smallest absolute Gasteiger partial charge is 0.169 e. The van der Waals surface area contributed by atoms with E-state index in [-0.39, 0.29) is 12.1 Å². The highest BCUT2D eigenvalue weighted by Gasteiger charge is 2.27. The van der Waals surface area contributed by atoms with Crippen LogP contribution in [0.1, 0.15) is 38.0 Å². The Balaban J connectivity index is 2.09. The summed E-state index contributed by atoms with van der Waals surface area (Å²) in [6, 6.07) is 4.12. The fourth-order valence-electron chi connectivity index (χ4n) is 2.16. The zero-order valence-electron chi connectivity index (χ0n) is 9.54. The quantitative estimate of drug-likeness (QED) is 0.923. The predicted molar refractivity (Wildman–Crippen MR) is 66.4 cm³/mol. The van der Waals surface area contributed by atoms with Gasteiger partial charge in [-0.15, -0.1) is 0 Å². The molecule has 1 N–H and O–H groups in total. The van der Waals surface area contributed by atoms with E-state index in [2.05, 4.69) is 28.2 Å². The first-order valence-corrected chi connectivity index (χ1v) is 6.70. The zero-order chi connectivity index (χ0) is 11.4. The Labute approximate surface area is 105 Å². The van der Waals surface area contributed by atoms with Gasteiger partial charge in [0.05, 0.1) is 12.1 Å². The minimum absolute atomic E-state index is 0.177. The molecule has 0 bridgehead atoms. The van der Waals surface area contributed by atoms with Gasteiger partial charge in [-0.1, -0.05) is 6.92 Å². The number of furan rings is 1. The summed E-state index contributed by atoms with van der Waals surface area (Å²) in [5.74, 6) is 0.959. The molecule has 1 aromatic rings. The summed E-state index contributed by atoms with van der Waals surface area (Å²) in [6.07, 6.45) is 3.77. The molecular weight excluding hydrogens is 270 g/mol. The van der Waals surface area contributed by atoms with Crippen molar-refractivity contribution >= 4 is 15.9 Å². The van der Waals surface area contributed by atoms with Crippen LogP contribution in [0.5, 0.6) is 0 Å². The summed E-state index contributed by atoms with van der Waals surface area (Å²) in [6.45, 7) is 3.89. The maximum atomic E-state index is 5.82. The SMILES string of the molecule is CCNC(c1ccc(Br)o1)C1CCCCO1. The molecule has 4 heteroatoms. The normalized spacial score (nSPS) is 23.2. The van der Waals surface area contributed by atoms with Crippen LogP contribution in [0.4, 0.5) is 0 Å². The number of halogens is 1. The molecule has 0 radical (unpaired) electrons. The third kappa shape index (κ3) is 2.87. The minimum Gasteiger partial charge on any atom is -0.453 e. The summed E-state index contributed by atoms with van der Waals surface area (Å²) < 4.78 is 12.2. The van der Waals surface area contributed by atoms with Crippen LogP contribution in [0.15, 0.2) is 21.2 Å². The van der Waals surface area contributed by atoms with Gasteiger partial charge in [0.2, 0.25) is 0 Å². The first-order valence-electron chi connectivity index (χ1n) is 5.91. The van der Waals surface area contributed by atoms with Crippen LogP contribution >= 0.6 is 15.9 Å². The van der Waals surface area contributed by atoms with Crippen molar-refractivity contribution in [2.45, 2.75) is 38.3 Å². The van der Waals surface area contributed by atoms with Gasteiger partial charge in [0.25, 0.3) is 0 Å². The van der Waals surface area contributed by atoms with Crippen LogP contribution in [0.3, 0.4) is 0 Å². The second-order valence-corrected chi connectivity index (χ2v) is 4.86. The molecular formula is C12H18BrNO2. The molecule has 1 aliphatic heterocycles. The molecule has 1 fully saturated rings. The second kappa shape index (κ2) is 5.84. The molecule has 0 spiro atoms. The van der Waals surface area contributed by atoms with Crippen molar-refractivity contribution in [1.82, 2.24) is 5.32 Å². The van der Waals surface area contributed by atoms with Crippen molar-refractivity contribution in [3.8, 4) is 0 Å². The summed E-state index contributed by atoms with van der Waals surface area (Å²) in [7, 11) is 0. The maximum Gasteiger partial charge on any atom is 0.169 e. The van der Waals surface area contributed by atoms with Gasteiger partial charge in [0.15, 0.2) is 4.67 Å². The lowest BCUT2D eigenvalue weighted by atomic mass is 10.0. The average molecular weight is 288 g/mol. The molecule has 2 heterocycles. The van der Waals surface area contributed by atoms with Gasteiger partial charge in [0.1, 0.15) is 5.76 Å². The van der Waals surface area contributed by atoms with Crippen molar-refractivity contribution in [3.63, 3.8) is 0 Å². The lowest BCUT2D eigenvalue weighted by Gasteiger charge is -2.29. The van der Waals surface area contributed by atoms with Crippen molar-refractivity contribution < 1.29 is 9.15 Å². The molecule has 90 valence electrons. The minimum atomic E-state index is 0.177. The Morgan fingerprint density at radius 3 is 2.94 bits per heavy atom. The van der Waals surface area contributed by atoms with Crippen LogP contribution in [-0.4, -0.2) is 19.3 Å². The highest BCUT2D eigenvalue weighted by atomic mass is 79.9. The van der Waals surface area contributed by atoms with Crippen molar-refractivity contribution in [2.24, 2.45) is 0 Å². The molecule has 0 saturated carbocycles. The summed E-state index contributed by atoms with van der Waals surface area (Å²) in [5.41, 5.74) is 0. The van der Waals surface area contributed by atoms with E-state index in [9.17, 15) is 0 Å². The Hall–Kier alpha value is -0.320. The fourth-order valence-corrected chi connectivity index (χ4v) is 2.48. The topological polar surface area (TPSA) is 34.4 Å². The van der Waals surface area contributed by atoms with Gasteiger partial charge < -0.3 is 14.5 Å². The molecule has 0 aliphatic carbocycles. The monoisotopic (exact) mass is 287 g/mol. The van der Waals surface area contributed by atoms with Gasteiger partial charge in [-0.2, -0.15) is 0 Å².